The van der Waals surface area contributed by atoms with E-state index >= 15 is 0 Å². The second-order valence-corrected chi connectivity index (χ2v) is 5.10. The Kier molecular flexibility index (Phi) is 4.82. The number of phenolic OH excluding ortho intramolecular Hbond substituents is 1. The van der Waals surface area contributed by atoms with E-state index in [9.17, 15) is 10.2 Å². The molecule has 4 nitrogen and oxygen atoms in total. The molecule has 2 rings (SSSR count). The largest absolute Gasteiger partial charge is 0.504 e. The summed E-state index contributed by atoms with van der Waals surface area (Å²) in [5.41, 5.74) is 0. The van der Waals surface area contributed by atoms with Crippen LogP contribution in [0.1, 0.15) is 20.3 Å². The third kappa shape index (κ3) is 3.62. The van der Waals surface area contributed by atoms with E-state index in [2.05, 4.69) is 5.32 Å². The smallest absolute Gasteiger partial charge is 0.198 e. The lowest BCUT2D eigenvalue weighted by Crippen LogP contribution is -2.28. The number of hydrogen-bond acceptors (Lipinski definition) is 4. The molecule has 2 aromatic carbocycles. The minimum absolute atomic E-state index is 0.0413. The van der Waals surface area contributed by atoms with E-state index in [4.69, 9.17) is 4.74 Å². The number of benzene rings is 2. The second kappa shape index (κ2) is 6.59. The molecule has 1 unspecified atom stereocenters. The molecule has 0 aromatic heterocycles. The van der Waals surface area contributed by atoms with Crippen LogP contribution in [0.2, 0.25) is 0 Å². The van der Waals surface area contributed by atoms with E-state index in [1.807, 2.05) is 44.2 Å². The molecule has 4 heteroatoms. The van der Waals surface area contributed by atoms with Crippen LogP contribution >= 0.6 is 0 Å². The molecule has 1 atom stereocenters. The maximum atomic E-state index is 9.93. The van der Waals surface area contributed by atoms with Gasteiger partial charge in [0.15, 0.2) is 17.8 Å². The fourth-order valence-electron chi connectivity index (χ4n) is 2.05. The Bertz CT molecular complexity index is 569. The monoisotopic (exact) mass is 275 g/mol. The zero-order valence-corrected chi connectivity index (χ0v) is 11.8. The number of fused-ring (bicyclic) bond motifs is 1. The number of hydrogen-bond donors (Lipinski definition) is 3. The third-order valence-electron chi connectivity index (χ3n) is 3.06. The first-order valence-electron chi connectivity index (χ1n) is 6.86. The van der Waals surface area contributed by atoms with Gasteiger partial charge in [-0.05, 0) is 11.5 Å². The minimum Gasteiger partial charge on any atom is -0.504 e. The average molecular weight is 275 g/mol. The molecule has 0 aliphatic heterocycles. The molecule has 0 fully saturated rings. The molecule has 0 aliphatic carbocycles. The minimum atomic E-state index is -0.946. The maximum absolute atomic E-state index is 9.93. The van der Waals surface area contributed by atoms with Crippen molar-refractivity contribution < 1.29 is 14.9 Å². The SMILES string of the molecule is CC(C)NCCC(O)Oc1c(O)ccc2ccccc12. The van der Waals surface area contributed by atoms with Crippen LogP contribution in [-0.4, -0.2) is 29.1 Å². The molecule has 0 saturated heterocycles. The van der Waals surface area contributed by atoms with E-state index in [1.54, 1.807) is 6.07 Å². The van der Waals surface area contributed by atoms with Crippen molar-refractivity contribution in [2.24, 2.45) is 0 Å². The van der Waals surface area contributed by atoms with Gasteiger partial charge in [-0.2, -0.15) is 0 Å². The van der Waals surface area contributed by atoms with Crippen molar-refractivity contribution >= 4 is 10.8 Å². The Morgan fingerprint density at radius 3 is 2.65 bits per heavy atom. The fourth-order valence-corrected chi connectivity index (χ4v) is 2.05. The van der Waals surface area contributed by atoms with E-state index in [0.717, 1.165) is 10.8 Å². The highest BCUT2D eigenvalue weighted by molar-refractivity contribution is 5.90. The molecule has 0 heterocycles. The van der Waals surface area contributed by atoms with Crippen molar-refractivity contribution in [3.05, 3.63) is 36.4 Å². The molecule has 3 N–H and O–H groups in total. The lowest BCUT2D eigenvalue weighted by atomic mass is 10.1. The Hall–Kier alpha value is -1.78. The molecule has 0 spiro atoms. The number of ether oxygens (including phenoxy) is 1. The first kappa shape index (κ1) is 14.6. The summed E-state index contributed by atoms with van der Waals surface area (Å²) in [7, 11) is 0. The predicted octanol–water partition coefficient (Wildman–Crippen LogP) is 2.63. The number of rotatable bonds is 6. The van der Waals surface area contributed by atoms with Gasteiger partial charge in [-0.25, -0.2) is 0 Å². The van der Waals surface area contributed by atoms with E-state index in [1.165, 1.54) is 0 Å². The van der Waals surface area contributed by atoms with Gasteiger partial charge in [-0.3, -0.25) is 0 Å². The first-order chi connectivity index (χ1) is 9.58. The summed E-state index contributed by atoms with van der Waals surface area (Å²) in [4.78, 5) is 0. The number of phenols is 1. The van der Waals surface area contributed by atoms with Gasteiger partial charge in [0.05, 0.1) is 0 Å². The van der Waals surface area contributed by atoms with Crippen LogP contribution in [-0.2, 0) is 0 Å². The first-order valence-corrected chi connectivity index (χ1v) is 6.86. The summed E-state index contributed by atoms with van der Waals surface area (Å²) >= 11 is 0. The van der Waals surface area contributed by atoms with Crippen molar-refractivity contribution in [2.45, 2.75) is 32.6 Å². The van der Waals surface area contributed by atoms with Crippen LogP contribution in [0.25, 0.3) is 10.8 Å². The molecule has 0 amide bonds. The Morgan fingerprint density at radius 1 is 1.15 bits per heavy atom. The van der Waals surface area contributed by atoms with E-state index in [-0.39, 0.29) is 5.75 Å². The van der Waals surface area contributed by atoms with Gasteiger partial charge >= 0.3 is 0 Å². The normalized spacial score (nSPS) is 12.8. The van der Waals surface area contributed by atoms with Crippen LogP contribution in [0.4, 0.5) is 0 Å². The third-order valence-corrected chi connectivity index (χ3v) is 3.06. The zero-order valence-electron chi connectivity index (χ0n) is 11.8. The Balaban J connectivity index is 2.10. The topological polar surface area (TPSA) is 61.7 Å². The highest BCUT2D eigenvalue weighted by atomic mass is 16.6. The van der Waals surface area contributed by atoms with Gasteiger partial charge in [-0.1, -0.05) is 44.2 Å². The number of aromatic hydroxyl groups is 1. The summed E-state index contributed by atoms with van der Waals surface area (Å²) < 4.78 is 5.51. The van der Waals surface area contributed by atoms with Crippen LogP contribution in [0, 0.1) is 0 Å². The Morgan fingerprint density at radius 2 is 1.90 bits per heavy atom. The number of aliphatic hydroxyl groups excluding tert-OH is 1. The maximum Gasteiger partial charge on any atom is 0.198 e. The molecule has 0 bridgehead atoms. The van der Waals surface area contributed by atoms with Gasteiger partial charge in [0.2, 0.25) is 0 Å². The molecular formula is C16H21NO3. The molecule has 0 radical (unpaired) electrons. The van der Waals surface area contributed by atoms with Crippen molar-refractivity contribution in [1.29, 1.82) is 0 Å². The molecule has 0 saturated carbocycles. The highest BCUT2D eigenvalue weighted by Gasteiger charge is 2.13. The van der Waals surface area contributed by atoms with Gasteiger partial charge in [-0.15, -0.1) is 0 Å². The van der Waals surface area contributed by atoms with Gasteiger partial charge < -0.3 is 20.3 Å². The fraction of sp³-hybridized carbons (Fsp3) is 0.375. The van der Waals surface area contributed by atoms with Crippen LogP contribution in [0.5, 0.6) is 11.5 Å². The summed E-state index contributed by atoms with van der Waals surface area (Å²) in [5.74, 6) is 0.375. The number of aliphatic hydroxyl groups is 1. The zero-order chi connectivity index (χ0) is 14.5. The molecular weight excluding hydrogens is 254 g/mol. The average Bonchev–Trinajstić information content (AvgIpc) is 2.41. The summed E-state index contributed by atoms with van der Waals surface area (Å²) in [6, 6.07) is 11.4. The lowest BCUT2D eigenvalue weighted by Gasteiger charge is -2.17. The van der Waals surface area contributed by atoms with E-state index in [0.29, 0.717) is 24.8 Å². The van der Waals surface area contributed by atoms with Crippen LogP contribution in [0.15, 0.2) is 36.4 Å². The summed E-state index contributed by atoms with van der Waals surface area (Å²) in [6.07, 6.45) is -0.487. The van der Waals surface area contributed by atoms with Gasteiger partial charge in [0, 0.05) is 24.4 Å². The number of nitrogens with one attached hydrogen (secondary N) is 1. The lowest BCUT2D eigenvalue weighted by molar-refractivity contribution is -0.0230. The predicted molar refractivity (Wildman–Crippen MR) is 80.0 cm³/mol. The summed E-state index contributed by atoms with van der Waals surface area (Å²) in [5, 5.41) is 24.8. The van der Waals surface area contributed by atoms with Crippen molar-refractivity contribution in [1.82, 2.24) is 5.32 Å². The Labute approximate surface area is 119 Å². The van der Waals surface area contributed by atoms with Crippen molar-refractivity contribution in [3.63, 3.8) is 0 Å². The van der Waals surface area contributed by atoms with Gasteiger partial charge in [0.25, 0.3) is 0 Å². The standard InChI is InChI=1S/C16H21NO3/c1-11(2)17-10-9-15(19)20-16-13-6-4-3-5-12(13)7-8-14(16)18/h3-8,11,15,17-19H,9-10H2,1-2H3. The van der Waals surface area contributed by atoms with Crippen LogP contribution in [0.3, 0.4) is 0 Å². The second-order valence-electron chi connectivity index (χ2n) is 5.10. The summed E-state index contributed by atoms with van der Waals surface area (Å²) in [6.45, 7) is 4.75. The van der Waals surface area contributed by atoms with Crippen molar-refractivity contribution in [3.8, 4) is 11.5 Å². The molecule has 108 valence electrons. The van der Waals surface area contributed by atoms with Crippen LogP contribution < -0.4 is 10.1 Å². The van der Waals surface area contributed by atoms with Gasteiger partial charge in [0.1, 0.15) is 0 Å². The molecule has 2 aromatic rings. The van der Waals surface area contributed by atoms with Crippen molar-refractivity contribution in [2.75, 3.05) is 6.54 Å². The molecule has 0 aliphatic rings. The quantitative estimate of drug-likeness (QED) is 0.709. The highest BCUT2D eigenvalue weighted by Crippen LogP contribution is 2.35. The molecule has 20 heavy (non-hydrogen) atoms. The van der Waals surface area contributed by atoms with E-state index < -0.39 is 6.29 Å².